The van der Waals surface area contributed by atoms with Gasteiger partial charge >= 0.3 is 6.09 Å². The number of ether oxygens (including phenoxy) is 2. The van der Waals surface area contributed by atoms with E-state index >= 15 is 0 Å². The molecule has 0 aliphatic carbocycles. The van der Waals surface area contributed by atoms with Crippen LogP contribution in [-0.4, -0.2) is 83.4 Å². The summed E-state index contributed by atoms with van der Waals surface area (Å²) in [7, 11) is 1.49. The second kappa shape index (κ2) is 13.4. The van der Waals surface area contributed by atoms with E-state index in [0.29, 0.717) is 12.8 Å². The van der Waals surface area contributed by atoms with E-state index in [2.05, 4.69) is 10.6 Å². The molecule has 2 N–H and O–H groups in total. The van der Waals surface area contributed by atoms with E-state index in [1.807, 2.05) is 60.7 Å². The second-order valence-electron chi connectivity index (χ2n) is 13.4. The van der Waals surface area contributed by atoms with Crippen LogP contribution >= 0.6 is 0 Å². The number of rotatable bonds is 10. The van der Waals surface area contributed by atoms with Crippen molar-refractivity contribution in [2.75, 3.05) is 26.7 Å². The van der Waals surface area contributed by atoms with Gasteiger partial charge in [-0.1, -0.05) is 60.7 Å². The molecular weight excluding hydrogens is 576 g/mol. The Morgan fingerprint density at radius 1 is 0.956 bits per heavy atom. The fourth-order valence-corrected chi connectivity index (χ4v) is 5.96. The monoisotopic (exact) mass is 620 g/mol. The quantitative estimate of drug-likeness (QED) is 0.390. The lowest BCUT2D eigenvalue weighted by atomic mass is 9.68. The number of benzene rings is 2. The van der Waals surface area contributed by atoms with E-state index in [-0.39, 0.29) is 38.1 Å². The molecule has 0 aromatic heterocycles. The second-order valence-corrected chi connectivity index (χ2v) is 13.4. The molecule has 3 unspecified atom stereocenters. The van der Waals surface area contributed by atoms with Gasteiger partial charge in [-0.05, 0) is 58.6 Å². The lowest BCUT2D eigenvalue weighted by molar-refractivity contribution is -0.147. The number of nitrogens with one attached hydrogen (secondary N) is 2. The molecule has 2 heterocycles. The predicted octanol–water partition coefficient (Wildman–Crippen LogP) is 3.07. The topological polar surface area (TPSA) is 134 Å². The smallest absolute Gasteiger partial charge is 0.408 e. The van der Waals surface area contributed by atoms with Gasteiger partial charge in [0.15, 0.2) is 0 Å². The number of imide groups is 1. The number of amides is 5. The molecule has 0 saturated carbocycles. The van der Waals surface area contributed by atoms with Gasteiger partial charge in [0, 0.05) is 20.1 Å². The van der Waals surface area contributed by atoms with Gasteiger partial charge in [-0.25, -0.2) is 4.79 Å². The molecule has 2 aliphatic rings. The number of carbonyl (C=O) groups excluding carboxylic acids is 5. The molecule has 45 heavy (non-hydrogen) atoms. The van der Waals surface area contributed by atoms with E-state index < -0.39 is 46.4 Å². The van der Waals surface area contributed by atoms with Crippen LogP contribution in [0.1, 0.15) is 52.2 Å². The number of piperidine rings is 1. The lowest BCUT2D eigenvalue weighted by Gasteiger charge is -2.43. The number of nitrogens with zero attached hydrogens (tertiary/aromatic N) is 2. The van der Waals surface area contributed by atoms with Gasteiger partial charge < -0.3 is 25.0 Å². The first kappa shape index (κ1) is 33.6. The summed E-state index contributed by atoms with van der Waals surface area (Å²) >= 11 is 0. The molecule has 11 nitrogen and oxygen atoms in total. The number of carbonyl (C=O) groups is 5. The third kappa shape index (κ3) is 7.89. The van der Waals surface area contributed by atoms with Crippen LogP contribution in [-0.2, 0) is 41.7 Å². The molecule has 0 radical (unpaired) electrons. The Labute approximate surface area is 264 Å². The summed E-state index contributed by atoms with van der Waals surface area (Å²) < 4.78 is 11.2. The summed E-state index contributed by atoms with van der Waals surface area (Å²) in [5.41, 5.74) is -1.55. The number of hydrogen-bond donors (Lipinski definition) is 2. The van der Waals surface area contributed by atoms with Crippen LogP contribution in [0.2, 0.25) is 0 Å². The highest BCUT2D eigenvalue weighted by Gasteiger charge is 2.60. The van der Waals surface area contributed by atoms with Crippen molar-refractivity contribution >= 4 is 29.7 Å². The van der Waals surface area contributed by atoms with Crippen molar-refractivity contribution in [2.45, 2.75) is 71.2 Å². The van der Waals surface area contributed by atoms with Gasteiger partial charge in [0.2, 0.25) is 23.6 Å². The average molecular weight is 621 g/mol. The van der Waals surface area contributed by atoms with E-state index in [0.717, 1.165) is 11.1 Å². The molecular formula is C34H44N4O7. The number of likely N-dealkylation sites (tertiary alicyclic amines) is 2. The molecule has 4 rings (SSSR count). The van der Waals surface area contributed by atoms with Gasteiger partial charge in [-0.15, -0.1) is 0 Å². The zero-order valence-electron chi connectivity index (χ0n) is 26.9. The van der Waals surface area contributed by atoms with E-state index in [9.17, 15) is 24.0 Å². The minimum Gasteiger partial charge on any atom is -0.444 e. The first-order valence-corrected chi connectivity index (χ1v) is 15.2. The van der Waals surface area contributed by atoms with Gasteiger partial charge in [0.05, 0.1) is 24.5 Å². The van der Waals surface area contributed by atoms with Gasteiger partial charge in [0.25, 0.3) is 0 Å². The van der Waals surface area contributed by atoms with E-state index in [1.54, 1.807) is 25.7 Å². The molecule has 0 spiro atoms. The van der Waals surface area contributed by atoms with Crippen molar-refractivity contribution in [3.8, 4) is 0 Å². The van der Waals surface area contributed by atoms with Crippen molar-refractivity contribution in [3.05, 3.63) is 71.8 Å². The maximum atomic E-state index is 14.2. The maximum absolute atomic E-state index is 14.2. The van der Waals surface area contributed by atoms with Crippen LogP contribution in [0.3, 0.4) is 0 Å². The molecule has 242 valence electrons. The fourth-order valence-electron chi connectivity index (χ4n) is 5.96. The minimum atomic E-state index is -1.43. The Kier molecular flexibility index (Phi) is 10.0. The first-order chi connectivity index (χ1) is 21.1. The minimum absolute atomic E-state index is 0.0188. The SMILES string of the molecule is CN1C(=O)C2CCN(C(=O)C(COCc3ccccc3)NC(=O)C(C)(C)NC(=O)OC(C)(C)C)CC2(Cc2ccccc2)C1=O. The van der Waals surface area contributed by atoms with Gasteiger partial charge in [-0.2, -0.15) is 0 Å². The summed E-state index contributed by atoms with van der Waals surface area (Å²) in [6.45, 7) is 8.47. The molecule has 2 aromatic carbocycles. The van der Waals surface area contributed by atoms with Crippen molar-refractivity contribution < 1.29 is 33.4 Å². The highest BCUT2D eigenvalue weighted by molar-refractivity contribution is 6.08. The molecule has 0 bridgehead atoms. The Morgan fingerprint density at radius 2 is 1.56 bits per heavy atom. The van der Waals surface area contributed by atoms with Crippen LogP contribution < -0.4 is 10.6 Å². The van der Waals surface area contributed by atoms with Crippen LogP contribution in [0, 0.1) is 11.3 Å². The Hall–Kier alpha value is -4.25. The van der Waals surface area contributed by atoms with Crippen molar-refractivity contribution in [3.63, 3.8) is 0 Å². The highest BCUT2D eigenvalue weighted by atomic mass is 16.6. The first-order valence-electron chi connectivity index (χ1n) is 15.2. The summed E-state index contributed by atoms with van der Waals surface area (Å²) in [5.74, 6) is -2.17. The predicted molar refractivity (Wildman–Crippen MR) is 167 cm³/mol. The molecule has 2 aliphatic heterocycles. The summed E-state index contributed by atoms with van der Waals surface area (Å²) in [6, 6.07) is 17.7. The molecule has 3 atom stereocenters. The zero-order chi connectivity index (χ0) is 33.0. The zero-order valence-corrected chi connectivity index (χ0v) is 26.9. The fraction of sp³-hybridized carbons (Fsp3) is 0.500. The van der Waals surface area contributed by atoms with Gasteiger partial charge in [0.1, 0.15) is 17.2 Å². The van der Waals surface area contributed by atoms with Gasteiger partial charge in [-0.3, -0.25) is 24.1 Å². The molecule has 2 fully saturated rings. The van der Waals surface area contributed by atoms with Crippen molar-refractivity contribution in [2.24, 2.45) is 11.3 Å². The normalized spacial score (nSPS) is 20.8. The van der Waals surface area contributed by atoms with E-state index in [4.69, 9.17) is 9.47 Å². The number of fused-ring (bicyclic) bond motifs is 1. The standard InChI is InChI=1S/C34H44N4O7/c1-32(2,3)45-31(43)36-33(4,5)29(41)35-26(21-44-20-24-15-11-8-12-16-24)28(40)38-18-17-25-27(39)37(6)30(42)34(25,22-38)19-23-13-9-7-10-14-23/h7-16,25-26H,17-22H2,1-6H3,(H,35,41)(H,36,43). The largest absolute Gasteiger partial charge is 0.444 e. The maximum Gasteiger partial charge on any atom is 0.408 e. The Morgan fingerprint density at radius 3 is 2.16 bits per heavy atom. The highest BCUT2D eigenvalue weighted by Crippen LogP contribution is 2.46. The number of hydrogen-bond acceptors (Lipinski definition) is 7. The van der Waals surface area contributed by atoms with E-state index in [1.165, 1.54) is 25.8 Å². The molecule has 5 amide bonds. The third-order valence-electron chi connectivity index (χ3n) is 8.24. The van der Waals surface area contributed by atoms with Crippen LogP contribution in [0.15, 0.2) is 60.7 Å². The average Bonchev–Trinajstić information content (AvgIpc) is 3.16. The third-order valence-corrected chi connectivity index (χ3v) is 8.24. The van der Waals surface area contributed by atoms with Crippen molar-refractivity contribution in [1.82, 2.24) is 20.4 Å². The Bertz CT molecular complexity index is 1410. The Balaban J connectivity index is 1.56. The molecule has 11 heteroatoms. The van der Waals surface area contributed by atoms with Crippen LogP contribution in [0.25, 0.3) is 0 Å². The lowest BCUT2D eigenvalue weighted by Crippen LogP contribution is -2.62. The summed E-state index contributed by atoms with van der Waals surface area (Å²) in [5, 5.41) is 5.34. The summed E-state index contributed by atoms with van der Waals surface area (Å²) in [4.78, 5) is 69.7. The molecule has 2 saturated heterocycles. The molecule has 2 aromatic rings. The van der Waals surface area contributed by atoms with Crippen molar-refractivity contribution in [1.29, 1.82) is 0 Å². The summed E-state index contributed by atoms with van der Waals surface area (Å²) in [6.07, 6.45) is -0.166. The number of alkyl carbamates (subject to hydrolysis) is 1. The van der Waals surface area contributed by atoms with Crippen LogP contribution in [0.5, 0.6) is 0 Å². The van der Waals surface area contributed by atoms with Crippen LogP contribution in [0.4, 0.5) is 4.79 Å².